The summed E-state index contributed by atoms with van der Waals surface area (Å²) < 4.78 is 0. The standard InChI is InChI=1S/C22H25N5O/c1-4-16-9-8-10-17(5-2)20(16)27-22-25-15(3)13-19(26-22)21(28)24-14-18-11-6-7-12-23-18/h6-13H,4-5,14H2,1-3H3,(H,24,28)(H,25,26,27). The minimum atomic E-state index is -0.251. The first-order valence-corrected chi connectivity index (χ1v) is 9.52. The topological polar surface area (TPSA) is 79.8 Å². The van der Waals surface area contributed by atoms with Gasteiger partial charge in [0.1, 0.15) is 5.69 Å². The van der Waals surface area contributed by atoms with Crippen molar-refractivity contribution in [2.45, 2.75) is 40.2 Å². The van der Waals surface area contributed by atoms with Gasteiger partial charge in [-0.2, -0.15) is 0 Å². The van der Waals surface area contributed by atoms with Gasteiger partial charge >= 0.3 is 0 Å². The summed E-state index contributed by atoms with van der Waals surface area (Å²) in [7, 11) is 0. The predicted octanol–water partition coefficient (Wildman–Crippen LogP) is 3.98. The molecule has 28 heavy (non-hydrogen) atoms. The van der Waals surface area contributed by atoms with Gasteiger partial charge in [-0.3, -0.25) is 9.78 Å². The number of carbonyl (C=O) groups is 1. The molecule has 1 amide bonds. The van der Waals surface area contributed by atoms with Crippen molar-refractivity contribution in [3.05, 3.63) is 76.9 Å². The van der Waals surface area contributed by atoms with Gasteiger partial charge in [0.15, 0.2) is 0 Å². The quantitative estimate of drug-likeness (QED) is 0.653. The van der Waals surface area contributed by atoms with Crippen LogP contribution in [-0.2, 0) is 19.4 Å². The number of amides is 1. The Hall–Kier alpha value is -3.28. The van der Waals surface area contributed by atoms with Crippen LogP contribution < -0.4 is 10.6 Å². The van der Waals surface area contributed by atoms with Gasteiger partial charge in [-0.1, -0.05) is 38.1 Å². The molecule has 144 valence electrons. The highest BCUT2D eigenvalue weighted by Crippen LogP contribution is 2.25. The smallest absolute Gasteiger partial charge is 0.270 e. The Kier molecular flexibility index (Phi) is 6.32. The highest BCUT2D eigenvalue weighted by atomic mass is 16.1. The van der Waals surface area contributed by atoms with Crippen molar-refractivity contribution in [2.75, 3.05) is 5.32 Å². The molecule has 0 spiro atoms. The molecule has 0 aliphatic heterocycles. The number of benzene rings is 1. The number of rotatable bonds is 7. The molecule has 6 nitrogen and oxygen atoms in total. The van der Waals surface area contributed by atoms with Crippen LogP contribution >= 0.6 is 0 Å². The van der Waals surface area contributed by atoms with Crippen molar-refractivity contribution in [1.29, 1.82) is 0 Å². The molecule has 0 aliphatic rings. The molecule has 3 rings (SSSR count). The van der Waals surface area contributed by atoms with Crippen molar-refractivity contribution in [3.63, 3.8) is 0 Å². The van der Waals surface area contributed by atoms with E-state index in [2.05, 4.69) is 57.6 Å². The Morgan fingerprint density at radius 2 is 1.75 bits per heavy atom. The number of aryl methyl sites for hydroxylation is 3. The van der Waals surface area contributed by atoms with Crippen LogP contribution in [-0.4, -0.2) is 20.9 Å². The summed E-state index contributed by atoms with van der Waals surface area (Å²) in [5.41, 5.74) is 5.28. The van der Waals surface area contributed by atoms with Crippen LogP contribution in [0.4, 0.5) is 11.6 Å². The van der Waals surface area contributed by atoms with Crippen molar-refractivity contribution >= 4 is 17.5 Å². The van der Waals surface area contributed by atoms with E-state index in [9.17, 15) is 4.79 Å². The van der Waals surface area contributed by atoms with Gasteiger partial charge < -0.3 is 10.6 Å². The number of anilines is 2. The fourth-order valence-corrected chi connectivity index (χ4v) is 3.02. The molecule has 2 N–H and O–H groups in total. The molecular formula is C22H25N5O. The molecule has 2 aromatic heterocycles. The molecule has 0 fully saturated rings. The fraction of sp³-hybridized carbons (Fsp3) is 0.273. The first-order valence-electron chi connectivity index (χ1n) is 9.52. The molecule has 0 atom stereocenters. The van der Waals surface area contributed by atoms with E-state index in [0.29, 0.717) is 18.2 Å². The van der Waals surface area contributed by atoms with Crippen molar-refractivity contribution < 1.29 is 4.79 Å². The Morgan fingerprint density at radius 3 is 2.39 bits per heavy atom. The lowest BCUT2D eigenvalue weighted by Crippen LogP contribution is -2.25. The lowest BCUT2D eigenvalue weighted by atomic mass is 10.0. The first-order chi connectivity index (χ1) is 13.6. The molecule has 3 aromatic rings. The van der Waals surface area contributed by atoms with Gasteiger partial charge in [0.2, 0.25) is 5.95 Å². The summed E-state index contributed by atoms with van der Waals surface area (Å²) >= 11 is 0. The Morgan fingerprint density at radius 1 is 1.00 bits per heavy atom. The second-order valence-corrected chi connectivity index (χ2v) is 6.51. The van der Waals surface area contributed by atoms with Crippen molar-refractivity contribution in [3.8, 4) is 0 Å². The zero-order valence-corrected chi connectivity index (χ0v) is 16.5. The largest absolute Gasteiger partial charge is 0.345 e. The molecule has 0 bridgehead atoms. The third-order valence-electron chi connectivity index (χ3n) is 4.48. The molecule has 1 aromatic carbocycles. The summed E-state index contributed by atoms with van der Waals surface area (Å²) in [4.78, 5) is 25.7. The van der Waals surface area contributed by atoms with E-state index in [1.165, 1.54) is 11.1 Å². The third-order valence-corrected chi connectivity index (χ3v) is 4.48. The second-order valence-electron chi connectivity index (χ2n) is 6.51. The molecule has 6 heteroatoms. The van der Waals surface area contributed by atoms with Gasteiger partial charge in [0.05, 0.1) is 12.2 Å². The van der Waals surface area contributed by atoms with Gasteiger partial charge in [-0.05, 0) is 49.1 Å². The van der Waals surface area contributed by atoms with E-state index < -0.39 is 0 Å². The van der Waals surface area contributed by atoms with Gasteiger partial charge in [0, 0.05) is 17.6 Å². The summed E-state index contributed by atoms with van der Waals surface area (Å²) in [6.45, 7) is 6.44. The SMILES string of the molecule is CCc1cccc(CC)c1Nc1nc(C)cc(C(=O)NCc2ccccn2)n1. The normalized spacial score (nSPS) is 10.5. The predicted molar refractivity (Wildman–Crippen MR) is 111 cm³/mol. The average molecular weight is 375 g/mol. The summed E-state index contributed by atoms with van der Waals surface area (Å²) in [5, 5.41) is 6.20. The Bertz CT molecular complexity index is 934. The second kappa shape index (κ2) is 9.08. The lowest BCUT2D eigenvalue weighted by molar-refractivity contribution is 0.0945. The van der Waals surface area contributed by atoms with Crippen LogP contribution in [0.5, 0.6) is 0 Å². The number of pyridine rings is 1. The van der Waals surface area contributed by atoms with Gasteiger partial charge in [-0.25, -0.2) is 9.97 Å². The Labute approximate surface area is 165 Å². The van der Waals surface area contributed by atoms with E-state index in [-0.39, 0.29) is 5.91 Å². The molecule has 0 saturated heterocycles. The summed E-state index contributed by atoms with van der Waals surface area (Å²) in [5.74, 6) is 0.178. The van der Waals surface area contributed by atoms with Gasteiger partial charge in [0.25, 0.3) is 5.91 Å². The minimum absolute atomic E-state index is 0.251. The molecule has 0 unspecified atom stereocenters. The number of aromatic nitrogens is 3. The van der Waals surface area contributed by atoms with Gasteiger partial charge in [-0.15, -0.1) is 0 Å². The maximum Gasteiger partial charge on any atom is 0.270 e. The highest BCUT2D eigenvalue weighted by molar-refractivity contribution is 5.92. The van der Waals surface area contributed by atoms with Crippen molar-refractivity contribution in [2.24, 2.45) is 0 Å². The molecule has 0 radical (unpaired) electrons. The van der Waals surface area contributed by atoms with Crippen LogP contribution in [0.1, 0.15) is 46.9 Å². The van der Waals surface area contributed by atoms with Crippen LogP contribution in [0.3, 0.4) is 0 Å². The monoisotopic (exact) mass is 375 g/mol. The fourth-order valence-electron chi connectivity index (χ4n) is 3.02. The minimum Gasteiger partial charge on any atom is -0.345 e. The van der Waals surface area contributed by atoms with E-state index in [1.54, 1.807) is 12.3 Å². The maximum absolute atomic E-state index is 12.6. The van der Waals surface area contributed by atoms with Crippen LogP contribution in [0, 0.1) is 6.92 Å². The number of carbonyl (C=O) groups excluding carboxylic acids is 1. The molecule has 0 saturated carbocycles. The van der Waals surface area contributed by atoms with Crippen LogP contribution in [0.25, 0.3) is 0 Å². The lowest BCUT2D eigenvalue weighted by Gasteiger charge is -2.15. The maximum atomic E-state index is 12.6. The summed E-state index contributed by atoms with van der Waals surface area (Å²) in [6.07, 6.45) is 3.51. The molecular weight excluding hydrogens is 350 g/mol. The van der Waals surface area contributed by atoms with E-state index in [0.717, 1.165) is 29.9 Å². The number of hydrogen-bond acceptors (Lipinski definition) is 5. The van der Waals surface area contributed by atoms with E-state index in [1.807, 2.05) is 25.1 Å². The zero-order valence-electron chi connectivity index (χ0n) is 16.5. The van der Waals surface area contributed by atoms with Crippen molar-refractivity contribution in [1.82, 2.24) is 20.3 Å². The van der Waals surface area contributed by atoms with E-state index >= 15 is 0 Å². The molecule has 2 heterocycles. The molecule has 0 aliphatic carbocycles. The Balaban J connectivity index is 1.81. The zero-order chi connectivity index (χ0) is 19.9. The highest BCUT2D eigenvalue weighted by Gasteiger charge is 2.13. The van der Waals surface area contributed by atoms with Crippen LogP contribution in [0.15, 0.2) is 48.7 Å². The summed E-state index contributed by atoms with van der Waals surface area (Å²) in [6, 6.07) is 13.5. The van der Waals surface area contributed by atoms with Crippen LogP contribution in [0.2, 0.25) is 0 Å². The average Bonchev–Trinajstić information content (AvgIpc) is 2.72. The number of para-hydroxylation sites is 1. The third kappa shape index (κ3) is 4.71. The number of nitrogens with one attached hydrogen (secondary N) is 2. The number of nitrogens with zero attached hydrogens (tertiary/aromatic N) is 3. The first kappa shape index (κ1) is 19.5. The number of hydrogen-bond donors (Lipinski definition) is 2. The van der Waals surface area contributed by atoms with E-state index in [4.69, 9.17) is 0 Å².